The number of esters is 2. The van der Waals surface area contributed by atoms with Crippen LogP contribution in [0, 0.1) is 0 Å². The molecule has 0 saturated heterocycles. The third-order valence-corrected chi connectivity index (χ3v) is 4.23. The van der Waals surface area contributed by atoms with Crippen molar-refractivity contribution in [1.82, 2.24) is 0 Å². The molecule has 0 aliphatic heterocycles. The zero-order chi connectivity index (χ0) is 14.9. The van der Waals surface area contributed by atoms with Crippen molar-refractivity contribution in [3.05, 3.63) is 12.2 Å². The molecule has 0 heterocycles. The fraction of sp³-hybridized carbons (Fsp3) is 0.667. The summed E-state index contributed by atoms with van der Waals surface area (Å²) in [6.07, 6.45) is 0.615. The van der Waals surface area contributed by atoms with Gasteiger partial charge in [0.15, 0.2) is 0 Å². The highest BCUT2D eigenvalue weighted by molar-refractivity contribution is 7.58. The summed E-state index contributed by atoms with van der Waals surface area (Å²) in [5.41, 5.74) is 0.270. The van der Waals surface area contributed by atoms with E-state index in [4.69, 9.17) is 9.47 Å². The Morgan fingerprint density at radius 3 is 2.32 bits per heavy atom. The van der Waals surface area contributed by atoms with Crippen LogP contribution < -0.4 is 0 Å². The molecule has 1 N–H and O–H groups in total. The van der Waals surface area contributed by atoms with Crippen molar-refractivity contribution in [2.75, 3.05) is 25.5 Å². The van der Waals surface area contributed by atoms with Crippen molar-refractivity contribution in [3.8, 4) is 0 Å². The van der Waals surface area contributed by atoms with E-state index in [0.29, 0.717) is 6.42 Å². The second kappa shape index (κ2) is 8.88. The van der Waals surface area contributed by atoms with Crippen molar-refractivity contribution >= 4 is 19.3 Å². The van der Waals surface area contributed by atoms with Gasteiger partial charge in [-0.15, -0.1) is 0 Å². The summed E-state index contributed by atoms with van der Waals surface area (Å²) < 4.78 is 21.0. The van der Waals surface area contributed by atoms with Gasteiger partial charge < -0.3 is 14.4 Å². The Morgan fingerprint density at radius 1 is 1.21 bits per heavy atom. The summed E-state index contributed by atoms with van der Waals surface area (Å²) >= 11 is 0. The van der Waals surface area contributed by atoms with Gasteiger partial charge in [0.25, 0.3) is 0 Å². The van der Waals surface area contributed by atoms with Gasteiger partial charge in [-0.2, -0.15) is 0 Å². The van der Waals surface area contributed by atoms with Crippen LogP contribution in [0.4, 0.5) is 0 Å². The summed E-state index contributed by atoms with van der Waals surface area (Å²) in [7, 11) is -3.21. The molecule has 0 saturated carbocycles. The van der Waals surface area contributed by atoms with Crippen LogP contribution >= 0.6 is 7.37 Å². The number of rotatable bonds is 9. The second-order valence-electron chi connectivity index (χ2n) is 4.18. The molecule has 0 amide bonds. The van der Waals surface area contributed by atoms with Crippen LogP contribution in [-0.2, 0) is 23.6 Å². The van der Waals surface area contributed by atoms with Crippen LogP contribution in [0.25, 0.3) is 0 Å². The highest BCUT2D eigenvalue weighted by Gasteiger charge is 2.18. The van der Waals surface area contributed by atoms with Crippen LogP contribution in [0.1, 0.15) is 26.7 Å². The molecule has 0 aromatic rings. The van der Waals surface area contributed by atoms with Crippen LogP contribution in [-0.4, -0.2) is 42.4 Å². The average molecular weight is 292 g/mol. The highest BCUT2D eigenvalue weighted by atomic mass is 31.2. The van der Waals surface area contributed by atoms with Crippen LogP contribution in [0.15, 0.2) is 12.2 Å². The lowest BCUT2D eigenvalue weighted by molar-refractivity contribution is -0.149. The Bertz CT molecular complexity index is 376. The molecule has 1 unspecified atom stereocenters. The van der Waals surface area contributed by atoms with Crippen molar-refractivity contribution in [3.63, 3.8) is 0 Å². The maximum Gasteiger partial charge on any atom is 0.333 e. The third-order valence-electron chi connectivity index (χ3n) is 2.17. The summed E-state index contributed by atoms with van der Waals surface area (Å²) in [4.78, 5) is 31.7. The molecule has 0 aliphatic carbocycles. The van der Waals surface area contributed by atoms with Gasteiger partial charge in [0, 0.05) is 17.9 Å². The highest BCUT2D eigenvalue weighted by Crippen LogP contribution is 2.41. The zero-order valence-electron chi connectivity index (χ0n) is 11.4. The van der Waals surface area contributed by atoms with E-state index in [9.17, 15) is 19.0 Å². The number of hydrogen-bond acceptors (Lipinski definition) is 5. The first-order chi connectivity index (χ1) is 8.78. The molecule has 0 aromatic carbocycles. The molecule has 19 heavy (non-hydrogen) atoms. The van der Waals surface area contributed by atoms with Gasteiger partial charge in [-0.05, 0) is 13.3 Å². The predicted molar refractivity (Wildman–Crippen MR) is 71.2 cm³/mol. The summed E-state index contributed by atoms with van der Waals surface area (Å²) in [5, 5.41) is 0. The molecule has 7 heteroatoms. The van der Waals surface area contributed by atoms with E-state index in [1.807, 2.05) is 0 Å². The predicted octanol–water partition coefficient (Wildman–Crippen LogP) is 1.72. The molecule has 0 aliphatic rings. The largest absolute Gasteiger partial charge is 0.462 e. The lowest BCUT2D eigenvalue weighted by Crippen LogP contribution is -2.15. The van der Waals surface area contributed by atoms with Crippen molar-refractivity contribution < 1.29 is 28.5 Å². The fourth-order valence-electron chi connectivity index (χ4n) is 1.21. The van der Waals surface area contributed by atoms with Crippen LogP contribution in [0.5, 0.6) is 0 Å². The Morgan fingerprint density at radius 2 is 1.79 bits per heavy atom. The minimum absolute atomic E-state index is 0.0524. The van der Waals surface area contributed by atoms with Crippen molar-refractivity contribution in [2.24, 2.45) is 0 Å². The molecular formula is C12H21O6P. The van der Waals surface area contributed by atoms with Gasteiger partial charge >= 0.3 is 11.9 Å². The standard InChI is InChI=1S/C12H21O6P/c1-4-8-19(15,16)9-5-11(13)17-6-7-18-12(14)10(2)3/h2,4-9H2,1,3H3,(H,15,16). The molecule has 110 valence electrons. The van der Waals surface area contributed by atoms with Gasteiger partial charge in [0.1, 0.15) is 13.2 Å². The molecule has 0 fully saturated rings. The van der Waals surface area contributed by atoms with E-state index in [0.717, 1.165) is 0 Å². The van der Waals surface area contributed by atoms with E-state index in [1.165, 1.54) is 6.92 Å². The van der Waals surface area contributed by atoms with Crippen molar-refractivity contribution in [1.29, 1.82) is 0 Å². The minimum Gasteiger partial charge on any atom is -0.462 e. The van der Waals surface area contributed by atoms with E-state index in [-0.39, 0.29) is 37.5 Å². The average Bonchev–Trinajstić information content (AvgIpc) is 2.31. The van der Waals surface area contributed by atoms with Gasteiger partial charge in [0.05, 0.1) is 6.42 Å². The van der Waals surface area contributed by atoms with Gasteiger partial charge in [-0.25, -0.2) is 4.79 Å². The Balaban J connectivity index is 3.74. The maximum absolute atomic E-state index is 11.5. The number of carbonyl (C=O) groups is 2. The molecule has 6 nitrogen and oxygen atoms in total. The SMILES string of the molecule is C=C(C)C(=O)OCCOC(=O)CCP(=O)(O)CCC. The number of carbonyl (C=O) groups excluding carboxylic acids is 2. The summed E-state index contributed by atoms with van der Waals surface area (Å²) in [5.74, 6) is -1.12. The molecule has 1 atom stereocenters. The van der Waals surface area contributed by atoms with E-state index in [1.54, 1.807) is 6.92 Å². The first kappa shape index (κ1) is 17.9. The molecule has 0 bridgehead atoms. The van der Waals surface area contributed by atoms with Gasteiger partial charge in [-0.3, -0.25) is 9.36 Å². The Labute approximate surface area is 113 Å². The van der Waals surface area contributed by atoms with E-state index < -0.39 is 19.3 Å². The lowest BCUT2D eigenvalue weighted by atomic mass is 10.4. The summed E-state index contributed by atoms with van der Waals surface area (Å²) in [6, 6.07) is 0. The van der Waals surface area contributed by atoms with Gasteiger partial charge in [-0.1, -0.05) is 13.5 Å². The minimum atomic E-state index is -3.21. The molecule has 0 radical (unpaired) electrons. The topological polar surface area (TPSA) is 89.9 Å². The molecule has 0 spiro atoms. The second-order valence-corrected chi connectivity index (χ2v) is 6.77. The number of ether oxygens (including phenoxy) is 2. The van der Waals surface area contributed by atoms with E-state index >= 15 is 0 Å². The van der Waals surface area contributed by atoms with E-state index in [2.05, 4.69) is 6.58 Å². The maximum atomic E-state index is 11.5. The van der Waals surface area contributed by atoms with Crippen LogP contribution in [0.2, 0.25) is 0 Å². The normalized spacial score (nSPS) is 13.4. The monoisotopic (exact) mass is 292 g/mol. The molecule has 0 aromatic heterocycles. The zero-order valence-corrected chi connectivity index (χ0v) is 12.3. The quantitative estimate of drug-likeness (QED) is 0.301. The Hall–Kier alpha value is -1.13. The molecular weight excluding hydrogens is 271 g/mol. The third kappa shape index (κ3) is 9.45. The fourth-order valence-corrected chi connectivity index (χ4v) is 2.67. The van der Waals surface area contributed by atoms with Crippen molar-refractivity contribution in [2.45, 2.75) is 26.7 Å². The Kier molecular flexibility index (Phi) is 8.35. The lowest BCUT2D eigenvalue weighted by Gasteiger charge is -2.10. The summed E-state index contributed by atoms with van der Waals surface area (Å²) in [6.45, 7) is 6.60. The molecule has 0 rings (SSSR count). The van der Waals surface area contributed by atoms with Gasteiger partial charge in [0.2, 0.25) is 7.37 Å². The van der Waals surface area contributed by atoms with Crippen LogP contribution in [0.3, 0.4) is 0 Å². The first-order valence-corrected chi connectivity index (χ1v) is 8.10. The smallest absolute Gasteiger partial charge is 0.333 e. The number of hydrogen-bond donors (Lipinski definition) is 1. The first-order valence-electron chi connectivity index (χ1n) is 6.07.